The van der Waals surface area contributed by atoms with E-state index in [1.54, 1.807) is 14.2 Å². The fourth-order valence-corrected chi connectivity index (χ4v) is 1.34. The van der Waals surface area contributed by atoms with Crippen LogP contribution in [0.3, 0.4) is 0 Å². The van der Waals surface area contributed by atoms with Crippen molar-refractivity contribution in [2.75, 3.05) is 40.5 Å². The minimum absolute atomic E-state index is 0.844. The van der Waals surface area contributed by atoms with Crippen molar-refractivity contribution in [2.24, 2.45) is 0 Å². The summed E-state index contributed by atoms with van der Waals surface area (Å²) in [6.45, 7) is 3.91. The molecular weight excluding hydrogens is 157 g/mol. The predicted octanol–water partition coefficient (Wildman–Crippen LogP) is -0.481. The summed E-state index contributed by atoms with van der Waals surface area (Å²) in [5.41, 5.74) is 0. The molecule has 0 aromatic heterocycles. The Kier molecular flexibility index (Phi) is 8.83. The molecule has 0 aliphatic carbocycles. The molecule has 0 aromatic carbocycles. The van der Waals surface area contributed by atoms with Crippen molar-refractivity contribution in [2.45, 2.75) is 6.42 Å². The molecule has 0 bridgehead atoms. The highest BCUT2D eigenvalue weighted by molar-refractivity contribution is 6.04. The highest BCUT2D eigenvalue weighted by Gasteiger charge is 1.95. The normalized spacial score (nSPS) is 10.8. The van der Waals surface area contributed by atoms with E-state index in [2.05, 4.69) is 3.88 Å². The molecule has 4 heteroatoms. The highest BCUT2D eigenvalue weighted by atomic mass is 27.1. The van der Waals surface area contributed by atoms with Crippen LogP contribution in [0, 0.1) is 0 Å². The highest BCUT2D eigenvalue weighted by Crippen LogP contribution is 1.86. The molecule has 0 spiro atoms. The zero-order valence-electron chi connectivity index (χ0n) is 7.80. The Morgan fingerprint density at radius 2 is 1.73 bits per heavy atom. The van der Waals surface area contributed by atoms with Crippen molar-refractivity contribution in [3.8, 4) is 0 Å². The van der Waals surface area contributed by atoms with Crippen molar-refractivity contribution >= 4 is 16.5 Å². The Labute approximate surface area is 77.3 Å². The third-order valence-electron chi connectivity index (χ3n) is 1.57. The van der Waals surface area contributed by atoms with Crippen LogP contribution in [-0.2, 0) is 9.47 Å². The van der Waals surface area contributed by atoms with Crippen LogP contribution < -0.4 is 0 Å². The van der Waals surface area contributed by atoms with Crippen LogP contribution in [0.4, 0.5) is 0 Å². The summed E-state index contributed by atoms with van der Waals surface area (Å²) in [4.78, 5) is 0. The van der Waals surface area contributed by atoms with Gasteiger partial charge in [-0.05, 0) is 13.0 Å². The Morgan fingerprint density at radius 1 is 1.09 bits per heavy atom. The van der Waals surface area contributed by atoms with Gasteiger partial charge in [0.1, 0.15) is 0 Å². The first kappa shape index (κ1) is 11.4. The van der Waals surface area contributed by atoms with Crippen LogP contribution in [0.5, 0.6) is 0 Å². The van der Waals surface area contributed by atoms with E-state index in [0.29, 0.717) is 0 Å². The first-order chi connectivity index (χ1) is 5.31. The van der Waals surface area contributed by atoms with Gasteiger partial charge in [-0.3, -0.25) is 0 Å². The molecule has 0 radical (unpaired) electrons. The van der Waals surface area contributed by atoms with E-state index in [4.69, 9.17) is 9.47 Å². The second-order valence-corrected chi connectivity index (χ2v) is 3.91. The summed E-state index contributed by atoms with van der Waals surface area (Å²) in [6, 6.07) is 0. The second kappa shape index (κ2) is 8.51. The minimum atomic E-state index is 0.844. The lowest BCUT2D eigenvalue weighted by Gasteiger charge is -2.16. The summed E-state index contributed by atoms with van der Waals surface area (Å²) in [5, 5.41) is 0. The maximum absolute atomic E-state index is 4.97. The average molecular weight is 175 g/mol. The molecule has 0 saturated heterocycles. The van der Waals surface area contributed by atoms with E-state index in [1.807, 2.05) is 0 Å². The predicted molar refractivity (Wildman–Crippen MR) is 48.5 cm³/mol. The van der Waals surface area contributed by atoms with Gasteiger partial charge in [0.25, 0.3) is 0 Å². The standard InChI is InChI=1S/C7H16NO2.Al.2H/c1-9-6-3-4-8-5-7-10-2;;;/h3-7H2,1-2H3;;;/q-1;+1;;. The van der Waals surface area contributed by atoms with Gasteiger partial charge < -0.3 is 13.4 Å². The molecule has 0 amide bonds. The third kappa shape index (κ3) is 8.32. The van der Waals surface area contributed by atoms with E-state index in [9.17, 15) is 0 Å². The van der Waals surface area contributed by atoms with Gasteiger partial charge >= 0.3 is 16.5 Å². The van der Waals surface area contributed by atoms with Crippen LogP contribution in [0.25, 0.3) is 0 Å². The number of rotatable bonds is 7. The summed E-state index contributed by atoms with van der Waals surface area (Å²) >= 11 is 1.12. The van der Waals surface area contributed by atoms with Crippen molar-refractivity contribution < 1.29 is 9.47 Å². The fraction of sp³-hybridized carbons (Fsp3) is 1.00. The summed E-state index contributed by atoms with van der Waals surface area (Å²) in [6.07, 6.45) is 1.13. The van der Waals surface area contributed by atoms with Crippen molar-refractivity contribution in [3.05, 3.63) is 0 Å². The topological polar surface area (TPSA) is 21.7 Å². The molecule has 0 unspecified atom stereocenters. The number of nitrogens with zero attached hydrogens (tertiary/aromatic N) is 1. The molecular formula is C7H18AlNO2. The van der Waals surface area contributed by atoms with Crippen LogP contribution in [-0.4, -0.2) is 60.9 Å². The van der Waals surface area contributed by atoms with Crippen LogP contribution in [0.1, 0.15) is 6.42 Å². The number of methoxy groups -OCH3 is 2. The summed E-state index contributed by atoms with van der Waals surface area (Å²) < 4.78 is 12.3. The summed E-state index contributed by atoms with van der Waals surface area (Å²) in [5.74, 6) is 0. The molecule has 3 nitrogen and oxygen atoms in total. The lowest BCUT2D eigenvalue weighted by molar-refractivity contribution is 0.165. The van der Waals surface area contributed by atoms with Gasteiger partial charge in [-0.25, -0.2) is 0 Å². The van der Waals surface area contributed by atoms with Crippen molar-refractivity contribution in [1.82, 2.24) is 3.88 Å². The van der Waals surface area contributed by atoms with Crippen LogP contribution in [0.2, 0.25) is 0 Å². The maximum Gasteiger partial charge on any atom is 0.321 e. The summed E-state index contributed by atoms with van der Waals surface area (Å²) in [7, 11) is 3.48. The van der Waals surface area contributed by atoms with Gasteiger partial charge in [-0.2, -0.15) is 0 Å². The maximum atomic E-state index is 4.97. The Balaban J connectivity index is 3.02. The Morgan fingerprint density at radius 3 is 2.27 bits per heavy atom. The molecule has 0 rings (SSSR count). The number of hydrogen-bond acceptors (Lipinski definition) is 3. The van der Waals surface area contributed by atoms with E-state index < -0.39 is 0 Å². The average Bonchev–Trinajstić information content (AvgIpc) is 2.01. The zero-order chi connectivity index (χ0) is 8.53. The lowest BCUT2D eigenvalue weighted by atomic mass is 10.4. The van der Waals surface area contributed by atoms with Gasteiger partial charge in [0.2, 0.25) is 0 Å². The van der Waals surface area contributed by atoms with Gasteiger partial charge in [-0.15, -0.1) is 0 Å². The van der Waals surface area contributed by atoms with E-state index in [0.717, 1.165) is 49.2 Å². The van der Waals surface area contributed by atoms with Gasteiger partial charge in [-0.1, -0.05) is 0 Å². The smallest absolute Gasteiger partial charge is 0.321 e. The molecule has 0 saturated carbocycles. The largest absolute Gasteiger partial charge is 0.388 e. The minimum Gasteiger partial charge on any atom is -0.388 e. The molecule has 0 aromatic rings. The molecule has 0 aliphatic heterocycles. The second-order valence-electron chi connectivity index (χ2n) is 2.64. The van der Waals surface area contributed by atoms with E-state index >= 15 is 0 Å². The fourth-order valence-electron chi connectivity index (χ4n) is 0.838. The first-order valence-electron chi connectivity index (χ1n) is 3.97. The van der Waals surface area contributed by atoms with Crippen LogP contribution >= 0.6 is 0 Å². The lowest BCUT2D eigenvalue weighted by Crippen LogP contribution is -2.26. The molecule has 0 N–H and O–H groups in total. The third-order valence-corrected chi connectivity index (χ3v) is 2.46. The Bertz CT molecular complexity index is 82.8. The molecule has 11 heavy (non-hydrogen) atoms. The molecule has 0 aliphatic rings. The van der Waals surface area contributed by atoms with E-state index in [1.165, 1.54) is 0 Å². The first-order valence-corrected chi connectivity index (χ1v) is 4.87. The van der Waals surface area contributed by atoms with Crippen LogP contribution in [0.15, 0.2) is 0 Å². The quantitative estimate of drug-likeness (QED) is 0.385. The van der Waals surface area contributed by atoms with Crippen molar-refractivity contribution in [3.63, 3.8) is 0 Å². The van der Waals surface area contributed by atoms with E-state index in [-0.39, 0.29) is 0 Å². The zero-order valence-corrected chi connectivity index (χ0v) is 9.80. The van der Waals surface area contributed by atoms with Crippen molar-refractivity contribution in [1.29, 1.82) is 0 Å². The SMILES string of the molecule is COCCC[N]([AlH2])CCOC. The molecule has 66 valence electrons. The number of hydrogen-bond donors (Lipinski definition) is 0. The monoisotopic (exact) mass is 175 g/mol. The molecule has 0 heterocycles. The van der Waals surface area contributed by atoms with Gasteiger partial charge in [0.05, 0.1) is 6.61 Å². The molecule has 0 fully saturated rings. The van der Waals surface area contributed by atoms with Gasteiger partial charge in [0, 0.05) is 27.4 Å². The Hall–Kier alpha value is 0.412. The van der Waals surface area contributed by atoms with Gasteiger partial charge in [0.15, 0.2) is 0 Å². The number of ether oxygens (including phenoxy) is 2. The molecule has 0 atom stereocenters.